The summed E-state index contributed by atoms with van der Waals surface area (Å²) < 4.78 is 44.6. The van der Waals surface area contributed by atoms with Gasteiger partial charge in [0.1, 0.15) is 0 Å². The first kappa shape index (κ1) is 12.4. The van der Waals surface area contributed by atoms with Crippen molar-refractivity contribution in [1.82, 2.24) is 0 Å². The lowest BCUT2D eigenvalue weighted by atomic mass is 10.0. The van der Waals surface area contributed by atoms with Crippen LogP contribution in [0.2, 0.25) is 0 Å². The Balaban J connectivity index is 2.96. The Morgan fingerprint density at radius 2 is 2.12 bits per heavy atom. The fraction of sp³-hybridized carbons (Fsp3) is 0.364. The number of ether oxygens (including phenoxy) is 1. The second-order valence-electron chi connectivity index (χ2n) is 3.21. The number of alkyl halides is 2. The predicted octanol–water partition coefficient (Wildman–Crippen LogP) is 3.23. The van der Waals surface area contributed by atoms with Gasteiger partial charge in [-0.25, -0.2) is 13.2 Å². The summed E-state index contributed by atoms with van der Waals surface area (Å²) in [7, 11) is 1.26. The zero-order valence-corrected chi connectivity index (χ0v) is 8.64. The largest absolute Gasteiger partial charge is 0.494 e. The lowest BCUT2D eigenvalue weighted by Gasteiger charge is -2.15. The second kappa shape index (κ2) is 4.88. The Hall–Kier alpha value is -1.70. The van der Waals surface area contributed by atoms with Gasteiger partial charge in [-0.05, 0) is 18.2 Å². The van der Waals surface area contributed by atoms with E-state index in [0.717, 1.165) is 18.2 Å². The van der Waals surface area contributed by atoms with Crippen LogP contribution in [0.3, 0.4) is 0 Å². The summed E-state index contributed by atoms with van der Waals surface area (Å²) in [6.45, 7) is 0. The average molecular weight is 229 g/mol. The van der Waals surface area contributed by atoms with Crippen LogP contribution in [-0.2, 0) is 5.92 Å². The maximum absolute atomic E-state index is 13.4. The van der Waals surface area contributed by atoms with Crippen LogP contribution in [0.25, 0.3) is 0 Å². The van der Waals surface area contributed by atoms with Gasteiger partial charge in [0.05, 0.1) is 13.2 Å². The Kier molecular flexibility index (Phi) is 3.78. The monoisotopic (exact) mass is 229 g/mol. The number of hydrogen-bond acceptors (Lipinski definition) is 2. The van der Waals surface area contributed by atoms with Crippen molar-refractivity contribution in [2.75, 3.05) is 7.11 Å². The van der Waals surface area contributed by atoms with Crippen molar-refractivity contribution in [3.05, 3.63) is 29.6 Å². The number of hydrogen-bond donors (Lipinski definition) is 0. The fourth-order valence-corrected chi connectivity index (χ4v) is 1.25. The number of rotatable bonds is 4. The van der Waals surface area contributed by atoms with Gasteiger partial charge in [-0.2, -0.15) is 5.26 Å². The molecule has 0 N–H and O–H groups in total. The highest BCUT2D eigenvalue weighted by Gasteiger charge is 2.31. The lowest BCUT2D eigenvalue weighted by molar-refractivity contribution is -0.0122. The molecule has 0 bridgehead atoms. The molecule has 0 heterocycles. The maximum Gasteiger partial charge on any atom is 0.274 e. The molecule has 0 aliphatic carbocycles. The summed E-state index contributed by atoms with van der Waals surface area (Å²) in [5.41, 5.74) is -0.443. The highest BCUT2D eigenvalue weighted by Crippen LogP contribution is 2.34. The van der Waals surface area contributed by atoms with Crippen molar-refractivity contribution in [2.45, 2.75) is 18.8 Å². The van der Waals surface area contributed by atoms with E-state index in [1.54, 1.807) is 6.07 Å². The molecule has 1 aromatic carbocycles. The molecular weight excluding hydrogens is 219 g/mol. The Morgan fingerprint density at radius 3 is 2.62 bits per heavy atom. The molecule has 0 unspecified atom stereocenters. The molecule has 0 atom stereocenters. The van der Waals surface area contributed by atoms with E-state index < -0.39 is 23.7 Å². The molecular formula is C11H10F3NO. The minimum absolute atomic E-state index is 0.0835. The molecule has 0 saturated heterocycles. The van der Waals surface area contributed by atoms with E-state index in [4.69, 9.17) is 5.26 Å². The molecule has 16 heavy (non-hydrogen) atoms. The summed E-state index contributed by atoms with van der Waals surface area (Å²) in [4.78, 5) is 0. The average Bonchev–Trinajstić information content (AvgIpc) is 2.26. The normalized spacial score (nSPS) is 10.9. The van der Waals surface area contributed by atoms with Gasteiger partial charge in [0.25, 0.3) is 5.92 Å². The Morgan fingerprint density at radius 1 is 1.44 bits per heavy atom. The van der Waals surface area contributed by atoms with Crippen LogP contribution in [0, 0.1) is 17.1 Å². The summed E-state index contributed by atoms with van der Waals surface area (Å²) in [5.74, 6) is -4.11. The Bertz CT molecular complexity index is 412. The molecule has 86 valence electrons. The van der Waals surface area contributed by atoms with Crippen LogP contribution in [0.4, 0.5) is 13.2 Å². The summed E-state index contributed by atoms with van der Waals surface area (Å²) in [6.07, 6.45) is -0.893. The van der Waals surface area contributed by atoms with Crippen molar-refractivity contribution in [3.63, 3.8) is 0 Å². The van der Waals surface area contributed by atoms with E-state index in [1.165, 1.54) is 7.11 Å². The van der Waals surface area contributed by atoms with E-state index in [9.17, 15) is 13.2 Å². The van der Waals surface area contributed by atoms with Crippen LogP contribution >= 0.6 is 0 Å². The van der Waals surface area contributed by atoms with Crippen LogP contribution < -0.4 is 4.74 Å². The number of methoxy groups -OCH3 is 1. The number of benzene rings is 1. The first-order valence-corrected chi connectivity index (χ1v) is 4.60. The number of halogens is 3. The fourth-order valence-electron chi connectivity index (χ4n) is 1.25. The van der Waals surface area contributed by atoms with Crippen molar-refractivity contribution in [3.8, 4) is 11.8 Å². The third-order valence-electron chi connectivity index (χ3n) is 2.12. The topological polar surface area (TPSA) is 33.0 Å². The predicted molar refractivity (Wildman–Crippen MR) is 51.7 cm³/mol. The SMILES string of the molecule is COc1ccc(C(F)(F)CCC#N)cc1F. The summed E-state index contributed by atoms with van der Waals surface area (Å²) in [5, 5.41) is 8.24. The standard InChI is InChI=1S/C11H10F3NO/c1-16-10-4-3-8(7-9(10)12)11(13,14)5-2-6-15/h3-4,7H,2,5H2,1H3. The molecule has 0 aliphatic rings. The van der Waals surface area contributed by atoms with Gasteiger partial charge in [0.2, 0.25) is 0 Å². The van der Waals surface area contributed by atoms with Crippen molar-refractivity contribution in [2.24, 2.45) is 0 Å². The first-order chi connectivity index (χ1) is 7.51. The molecule has 0 radical (unpaired) electrons. The third-order valence-corrected chi connectivity index (χ3v) is 2.12. The van der Waals surface area contributed by atoms with Gasteiger partial charge < -0.3 is 4.74 Å². The summed E-state index contributed by atoms with van der Waals surface area (Å²) >= 11 is 0. The molecule has 0 fully saturated rings. The van der Waals surface area contributed by atoms with Gasteiger partial charge in [0.15, 0.2) is 11.6 Å². The van der Waals surface area contributed by atoms with Crippen LogP contribution in [-0.4, -0.2) is 7.11 Å². The van der Waals surface area contributed by atoms with Crippen LogP contribution in [0.15, 0.2) is 18.2 Å². The highest BCUT2D eigenvalue weighted by molar-refractivity contribution is 5.31. The van der Waals surface area contributed by atoms with Crippen LogP contribution in [0.1, 0.15) is 18.4 Å². The van der Waals surface area contributed by atoms with Crippen molar-refractivity contribution < 1.29 is 17.9 Å². The molecule has 0 amide bonds. The Labute approximate surface area is 91.3 Å². The second-order valence-corrected chi connectivity index (χ2v) is 3.21. The number of nitrogens with zero attached hydrogens (tertiary/aromatic N) is 1. The summed E-state index contributed by atoms with van der Waals surface area (Å²) in [6, 6.07) is 4.60. The third kappa shape index (κ3) is 2.66. The van der Waals surface area contributed by atoms with Gasteiger partial charge in [-0.15, -0.1) is 0 Å². The molecule has 0 aromatic heterocycles. The smallest absolute Gasteiger partial charge is 0.274 e. The van der Waals surface area contributed by atoms with Crippen LogP contribution in [0.5, 0.6) is 5.75 Å². The number of nitriles is 1. The molecule has 0 saturated carbocycles. The zero-order chi connectivity index (χ0) is 12.2. The van der Waals surface area contributed by atoms with Gasteiger partial charge >= 0.3 is 0 Å². The molecule has 5 heteroatoms. The van der Waals surface area contributed by atoms with Crippen molar-refractivity contribution in [1.29, 1.82) is 5.26 Å². The minimum atomic E-state index is -3.19. The minimum Gasteiger partial charge on any atom is -0.494 e. The molecule has 2 nitrogen and oxygen atoms in total. The molecule has 0 aliphatic heterocycles. The zero-order valence-electron chi connectivity index (χ0n) is 8.64. The lowest BCUT2D eigenvalue weighted by Crippen LogP contribution is -2.13. The molecule has 1 aromatic rings. The van der Waals surface area contributed by atoms with E-state index in [2.05, 4.69) is 4.74 Å². The van der Waals surface area contributed by atoms with E-state index in [1.807, 2.05) is 0 Å². The van der Waals surface area contributed by atoms with Gasteiger partial charge in [0, 0.05) is 18.4 Å². The van der Waals surface area contributed by atoms with Gasteiger partial charge in [-0.3, -0.25) is 0 Å². The highest BCUT2D eigenvalue weighted by atomic mass is 19.3. The van der Waals surface area contributed by atoms with E-state index in [-0.39, 0.29) is 12.2 Å². The molecule has 1 rings (SSSR count). The molecule has 0 spiro atoms. The van der Waals surface area contributed by atoms with E-state index in [0.29, 0.717) is 0 Å². The van der Waals surface area contributed by atoms with Gasteiger partial charge in [-0.1, -0.05) is 0 Å². The first-order valence-electron chi connectivity index (χ1n) is 4.60. The van der Waals surface area contributed by atoms with E-state index >= 15 is 0 Å². The maximum atomic E-state index is 13.4. The quantitative estimate of drug-likeness (QED) is 0.794. The van der Waals surface area contributed by atoms with Crippen molar-refractivity contribution >= 4 is 0 Å².